The van der Waals surface area contributed by atoms with E-state index in [1.165, 1.54) is 12.1 Å². The highest BCUT2D eigenvalue weighted by Crippen LogP contribution is 2.43. The first kappa shape index (κ1) is 44.9. The molecule has 2 aromatic rings. The van der Waals surface area contributed by atoms with Crippen LogP contribution >= 0.6 is 0 Å². The van der Waals surface area contributed by atoms with Gasteiger partial charge in [0.1, 0.15) is 28.6 Å². The van der Waals surface area contributed by atoms with E-state index in [1.807, 2.05) is 0 Å². The van der Waals surface area contributed by atoms with Gasteiger partial charge < -0.3 is 28.4 Å². The molecule has 0 saturated heterocycles. The minimum absolute atomic E-state index is 0.00443. The maximum atomic E-state index is 15.0. The van der Waals surface area contributed by atoms with Gasteiger partial charge in [0, 0.05) is 12.2 Å². The average Bonchev–Trinajstić information content (AvgIpc) is 3.12. The van der Waals surface area contributed by atoms with Gasteiger partial charge in [-0.1, -0.05) is 26.3 Å². The van der Waals surface area contributed by atoms with E-state index in [0.29, 0.717) is 37.8 Å². The third-order valence-corrected chi connectivity index (χ3v) is 7.23. The summed E-state index contributed by atoms with van der Waals surface area (Å²) in [6.07, 6.45) is -4.26. The Labute approximate surface area is 309 Å². The lowest BCUT2D eigenvalue weighted by atomic mass is 10.1. The van der Waals surface area contributed by atoms with Crippen molar-refractivity contribution in [1.29, 1.82) is 0 Å². The number of hydrogen-bond donors (Lipinski definition) is 0. The van der Waals surface area contributed by atoms with Crippen LogP contribution in [0.1, 0.15) is 62.5 Å². The van der Waals surface area contributed by atoms with E-state index < -0.39 is 58.5 Å². The highest BCUT2D eigenvalue weighted by molar-refractivity contribution is 5.81. The number of rotatable bonds is 26. The van der Waals surface area contributed by atoms with Crippen molar-refractivity contribution in [3.63, 3.8) is 0 Å². The van der Waals surface area contributed by atoms with Gasteiger partial charge in [-0.15, -0.1) is 0 Å². The van der Waals surface area contributed by atoms with Crippen LogP contribution in [-0.2, 0) is 36.1 Å². The van der Waals surface area contributed by atoms with E-state index in [2.05, 4.69) is 35.8 Å². The lowest BCUT2D eigenvalue weighted by molar-refractivity contribution is -0.191. The number of alkyl halides is 7. The molecule has 0 saturated carbocycles. The standard InChI is InChI=1S/C39H43F7O8/c1-5-35(47)51-25-13-9-7-11-23-49-29(4)16-15-28(3)38(43,44)53-32-21-22-34(33(27-32)37(40,41)42)54-39(45,46)30-17-19-31(20-18-30)50-24-12-8-10-14-26-52-36(48)6-2/h5-6,15-22,27H,1-4,7-14,23-26H2/b16-15-. The highest BCUT2D eigenvalue weighted by Gasteiger charge is 2.42. The second kappa shape index (κ2) is 22.1. The van der Waals surface area contributed by atoms with Crippen molar-refractivity contribution < 1.29 is 68.7 Å². The Balaban J connectivity index is 1.92. The number of ether oxygens (including phenoxy) is 6. The summed E-state index contributed by atoms with van der Waals surface area (Å²) in [7, 11) is 0. The number of carbonyl (C=O) groups excluding carboxylic acids is 2. The summed E-state index contributed by atoms with van der Waals surface area (Å²) in [6, 6.07) is 5.43. The number of allylic oxidation sites excluding steroid dienone is 1. The van der Waals surface area contributed by atoms with Gasteiger partial charge in [0.25, 0.3) is 0 Å². The normalized spacial score (nSPS) is 11.8. The maximum absolute atomic E-state index is 15.0. The van der Waals surface area contributed by atoms with E-state index in [9.17, 15) is 31.5 Å². The number of halogens is 7. The molecule has 0 radical (unpaired) electrons. The lowest BCUT2D eigenvalue weighted by Gasteiger charge is -2.23. The number of hydrogen-bond acceptors (Lipinski definition) is 8. The van der Waals surface area contributed by atoms with Crippen LogP contribution in [0, 0.1) is 0 Å². The monoisotopic (exact) mass is 772 g/mol. The fourth-order valence-corrected chi connectivity index (χ4v) is 4.35. The molecule has 2 aromatic carbocycles. The third kappa shape index (κ3) is 16.6. The first-order valence-electron chi connectivity index (χ1n) is 16.8. The van der Waals surface area contributed by atoms with Gasteiger partial charge in [-0.2, -0.15) is 30.7 Å². The van der Waals surface area contributed by atoms with Gasteiger partial charge in [-0.3, -0.25) is 0 Å². The molecular formula is C39H43F7O8. The van der Waals surface area contributed by atoms with Crippen LogP contribution in [0.25, 0.3) is 0 Å². The van der Waals surface area contributed by atoms with Crippen molar-refractivity contribution in [2.24, 2.45) is 0 Å². The minimum atomic E-state index is -5.29. The van der Waals surface area contributed by atoms with Gasteiger partial charge in [0.15, 0.2) is 0 Å². The summed E-state index contributed by atoms with van der Waals surface area (Å²) in [5.41, 5.74) is -3.53. The molecule has 296 valence electrons. The van der Waals surface area contributed by atoms with Gasteiger partial charge in [0.05, 0.1) is 37.6 Å². The summed E-state index contributed by atoms with van der Waals surface area (Å²) < 4.78 is 131. The van der Waals surface area contributed by atoms with Crippen molar-refractivity contribution in [1.82, 2.24) is 0 Å². The van der Waals surface area contributed by atoms with Crippen LogP contribution in [0.3, 0.4) is 0 Å². The second-order valence-corrected chi connectivity index (χ2v) is 11.5. The molecule has 0 unspecified atom stereocenters. The van der Waals surface area contributed by atoms with Gasteiger partial charge in [-0.25, -0.2) is 9.59 Å². The Bertz CT molecular complexity index is 1580. The maximum Gasteiger partial charge on any atom is 0.426 e. The minimum Gasteiger partial charge on any atom is -0.494 e. The van der Waals surface area contributed by atoms with Crippen LogP contribution < -0.4 is 14.2 Å². The lowest BCUT2D eigenvalue weighted by Crippen LogP contribution is -2.27. The average molecular weight is 773 g/mol. The van der Waals surface area contributed by atoms with Crippen molar-refractivity contribution in [3.8, 4) is 17.2 Å². The molecule has 15 heteroatoms. The summed E-state index contributed by atoms with van der Waals surface area (Å²) in [5.74, 6) is -3.10. The topological polar surface area (TPSA) is 89.5 Å². The summed E-state index contributed by atoms with van der Waals surface area (Å²) in [4.78, 5) is 22.0. The third-order valence-electron chi connectivity index (χ3n) is 7.23. The fraction of sp³-hybridized carbons (Fsp3) is 0.385. The van der Waals surface area contributed by atoms with Gasteiger partial charge >= 0.3 is 30.3 Å². The quantitative estimate of drug-likeness (QED) is 0.0233. The predicted molar refractivity (Wildman–Crippen MR) is 186 cm³/mol. The van der Waals surface area contributed by atoms with Crippen LogP contribution in [0.4, 0.5) is 30.7 Å². The molecule has 0 aromatic heterocycles. The molecule has 54 heavy (non-hydrogen) atoms. The number of carbonyl (C=O) groups is 2. The predicted octanol–water partition coefficient (Wildman–Crippen LogP) is 10.4. The Morgan fingerprint density at radius 1 is 0.611 bits per heavy atom. The van der Waals surface area contributed by atoms with Crippen molar-refractivity contribution in [3.05, 3.63) is 116 Å². The molecule has 0 atom stereocenters. The summed E-state index contributed by atoms with van der Waals surface area (Å²) in [6.45, 7) is 14.4. The van der Waals surface area contributed by atoms with E-state index in [4.69, 9.17) is 18.9 Å². The molecule has 8 nitrogen and oxygen atoms in total. The fourth-order valence-electron chi connectivity index (χ4n) is 4.35. The molecule has 0 heterocycles. The summed E-state index contributed by atoms with van der Waals surface area (Å²) >= 11 is 0. The summed E-state index contributed by atoms with van der Waals surface area (Å²) in [5, 5.41) is 0. The largest absolute Gasteiger partial charge is 0.494 e. The van der Waals surface area contributed by atoms with Crippen LogP contribution in [-0.4, -0.2) is 44.5 Å². The molecule has 0 aliphatic heterocycles. The zero-order valence-corrected chi connectivity index (χ0v) is 29.6. The first-order chi connectivity index (χ1) is 25.5. The van der Waals surface area contributed by atoms with Crippen molar-refractivity contribution >= 4 is 11.9 Å². The van der Waals surface area contributed by atoms with Gasteiger partial charge in [0.2, 0.25) is 0 Å². The molecule has 0 spiro atoms. The number of unbranched alkanes of at least 4 members (excludes halogenated alkanes) is 6. The first-order valence-corrected chi connectivity index (χ1v) is 16.8. The molecule has 0 fully saturated rings. The van der Waals surface area contributed by atoms with Crippen LogP contribution in [0.5, 0.6) is 17.2 Å². The van der Waals surface area contributed by atoms with E-state index in [0.717, 1.165) is 62.1 Å². The van der Waals surface area contributed by atoms with Crippen LogP contribution in [0.2, 0.25) is 0 Å². The molecule has 0 bridgehead atoms. The zero-order chi connectivity index (χ0) is 40.2. The Morgan fingerprint density at radius 3 is 1.63 bits per heavy atom. The SMILES string of the molecule is C=CC(=O)OCCCCCCOC(=C)/C=C\C(=C)C(F)(F)Oc1ccc(OC(F)(F)c2ccc(OCCCCCCOC(=O)C=C)cc2)c(C(F)(F)F)c1. The van der Waals surface area contributed by atoms with Crippen LogP contribution in [0.15, 0.2) is 104 Å². The number of esters is 2. The second-order valence-electron chi connectivity index (χ2n) is 11.5. The van der Waals surface area contributed by atoms with E-state index >= 15 is 8.78 Å². The molecule has 0 N–H and O–H groups in total. The van der Waals surface area contributed by atoms with E-state index in [1.54, 1.807) is 0 Å². The molecule has 0 amide bonds. The molecular weight excluding hydrogens is 729 g/mol. The molecule has 0 aliphatic carbocycles. The molecule has 0 aliphatic rings. The Hall–Kier alpha value is -5.21. The van der Waals surface area contributed by atoms with Gasteiger partial charge in [-0.05, 0) is 106 Å². The van der Waals surface area contributed by atoms with Crippen molar-refractivity contribution in [2.75, 3.05) is 26.4 Å². The smallest absolute Gasteiger partial charge is 0.426 e. The highest BCUT2D eigenvalue weighted by atomic mass is 19.4. The zero-order valence-electron chi connectivity index (χ0n) is 29.6. The Kier molecular flexibility index (Phi) is 18.4. The van der Waals surface area contributed by atoms with Crippen molar-refractivity contribution in [2.45, 2.75) is 69.8 Å². The number of benzene rings is 2. The Morgan fingerprint density at radius 2 is 1.11 bits per heavy atom. The molecule has 2 rings (SSSR count). The van der Waals surface area contributed by atoms with E-state index in [-0.39, 0.29) is 44.0 Å².